The second-order valence-electron chi connectivity index (χ2n) is 14.2. The molecule has 0 aromatic heterocycles. The van der Waals surface area contributed by atoms with Crippen LogP contribution in [0.2, 0.25) is 0 Å². The van der Waals surface area contributed by atoms with Gasteiger partial charge in [0.05, 0.1) is 5.41 Å². The number of rotatable bonds is 14. The number of hydrogen-bond acceptors (Lipinski definition) is 8. The van der Waals surface area contributed by atoms with E-state index in [0.29, 0.717) is 11.5 Å². The predicted octanol–water partition coefficient (Wildman–Crippen LogP) is 8.85. The molecule has 4 atom stereocenters. The minimum Gasteiger partial charge on any atom is -0.490 e. The molecule has 0 amide bonds. The van der Waals surface area contributed by atoms with Crippen LogP contribution in [0.1, 0.15) is 49.9 Å². The number of allylic oxidation sites excluding steroid dienone is 2. The lowest BCUT2D eigenvalue weighted by Crippen LogP contribution is -2.33. The van der Waals surface area contributed by atoms with Crippen LogP contribution in [0.3, 0.4) is 0 Å². The van der Waals surface area contributed by atoms with Crippen molar-refractivity contribution in [3.05, 3.63) is 168 Å². The fourth-order valence-corrected chi connectivity index (χ4v) is 7.92. The van der Waals surface area contributed by atoms with Gasteiger partial charge in [-0.15, -0.1) is 0 Å². The Bertz CT molecular complexity index is 2310. The van der Waals surface area contributed by atoms with E-state index in [1.807, 2.05) is 48.5 Å². The van der Waals surface area contributed by atoms with E-state index in [9.17, 15) is 19.8 Å². The molecule has 290 valence electrons. The van der Waals surface area contributed by atoms with Gasteiger partial charge in [-0.2, -0.15) is 0 Å². The molecule has 0 heterocycles. The molecule has 4 unspecified atom stereocenters. The van der Waals surface area contributed by atoms with Gasteiger partial charge in [-0.1, -0.05) is 121 Å². The third kappa shape index (κ3) is 7.42. The SMILES string of the molecule is CC=CC(=O)OC(C)C(O)COc1cccc2c(C3(c4cccc5c(OCC(O)C(C)OC(=O)C=CC)cccc45)c4ccccc4-c4ccccc43)cccc12. The number of benzene rings is 6. The highest BCUT2D eigenvalue weighted by Gasteiger charge is 2.47. The molecule has 57 heavy (non-hydrogen) atoms. The van der Waals surface area contributed by atoms with Crippen molar-refractivity contribution in [1.82, 2.24) is 0 Å². The van der Waals surface area contributed by atoms with Crippen LogP contribution in [0.15, 0.2) is 146 Å². The fraction of sp³-hybridized carbons (Fsp3) is 0.224. The Morgan fingerprint density at radius 3 is 1.32 bits per heavy atom. The van der Waals surface area contributed by atoms with Gasteiger partial charge in [0.1, 0.15) is 49.1 Å². The van der Waals surface area contributed by atoms with Gasteiger partial charge in [-0.05, 0) is 84.0 Å². The molecule has 0 saturated heterocycles. The number of aliphatic hydroxyl groups is 2. The molecule has 0 fully saturated rings. The summed E-state index contributed by atoms with van der Waals surface area (Å²) >= 11 is 0. The van der Waals surface area contributed by atoms with Crippen LogP contribution >= 0.6 is 0 Å². The van der Waals surface area contributed by atoms with Gasteiger partial charge in [0.15, 0.2) is 0 Å². The average molecular weight is 763 g/mol. The number of ether oxygens (including phenoxy) is 4. The molecule has 1 aliphatic carbocycles. The fourth-order valence-electron chi connectivity index (χ4n) is 7.92. The lowest BCUT2D eigenvalue weighted by atomic mass is 9.65. The van der Waals surface area contributed by atoms with E-state index in [4.69, 9.17) is 18.9 Å². The highest BCUT2D eigenvalue weighted by atomic mass is 16.6. The summed E-state index contributed by atoms with van der Waals surface area (Å²) in [7, 11) is 0. The number of carbonyl (C=O) groups is 2. The van der Waals surface area contributed by atoms with Crippen LogP contribution < -0.4 is 9.47 Å². The number of hydrogen-bond donors (Lipinski definition) is 2. The van der Waals surface area contributed by atoms with Crippen molar-refractivity contribution in [2.24, 2.45) is 0 Å². The van der Waals surface area contributed by atoms with E-state index >= 15 is 0 Å². The van der Waals surface area contributed by atoms with Gasteiger partial charge in [-0.3, -0.25) is 0 Å². The van der Waals surface area contributed by atoms with Crippen molar-refractivity contribution < 1.29 is 38.7 Å². The molecule has 0 radical (unpaired) electrons. The minimum absolute atomic E-state index is 0.0811. The maximum Gasteiger partial charge on any atom is 0.330 e. The van der Waals surface area contributed by atoms with E-state index in [1.165, 1.54) is 12.2 Å². The van der Waals surface area contributed by atoms with Crippen molar-refractivity contribution in [3.63, 3.8) is 0 Å². The van der Waals surface area contributed by atoms with Crippen LogP contribution in [0.4, 0.5) is 0 Å². The normalized spacial score (nSPS) is 15.2. The zero-order chi connectivity index (χ0) is 40.1. The van der Waals surface area contributed by atoms with Gasteiger partial charge < -0.3 is 29.2 Å². The van der Waals surface area contributed by atoms with Crippen LogP contribution in [-0.2, 0) is 24.5 Å². The van der Waals surface area contributed by atoms with Crippen molar-refractivity contribution in [2.45, 2.75) is 57.5 Å². The predicted molar refractivity (Wildman–Crippen MR) is 222 cm³/mol. The van der Waals surface area contributed by atoms with Crippen LogP contribution in [0.5, 0.6) is 11.5 Å². The molecule has 6 aromatic rings. The number of esters is 2. The zero-order valence-corrected chi connectivity index (χ0v) is 32.4. The topological polar surface area (TPSA) is 112 Å². The highest BCUT2D eigenvalue weighted by Crippen LogP contribution is 2.58. The summed E-state index contributed by atoms with van der Waals surface area (Å²) in [5.41, 5.74) is 5.82. The monoisotopic (exact) mass is 762 g/mol. The maximum absolute atomic E-state index is 12.0. The Morgan fingerprint density at radius 2 is 0.895 bits per heavy atom. The molecule has 2 N–H and O–H groups in total. The summed E-state index contributed by atoms with van der Waals surface area (Å²) < 4.78 is 23.3. The van der Waals surface area contributed by atoms with E-state index in [0.717, 1.165) is 54.9 Å². The van der Waals surface area contributed by atoms with Crippen LogP contribution in [-0.4, -0.2) is 59.8 Å². The first-order chi connectivity index (χ1) is 27.7. The summed E-state index contributed by atoms with van der Waals surface area (Å²) in [6.07, 6.45) is 2.15. The smallest absolute Gasteiger partial charge is 0.330 e. The Kier molecular flexibility index (Phi) is 11.6. The van der Waals surface area contributed by atoms with Gasteiger partial charge in [0.25, 0.3) is 0 Å². The van der Waals surface area contributed by atoms with Crippen molar-refractivity contribution in [3.8, 4) is 22.6 Å². The van der Waals surface area contributed by atoms with Crippen LogP contribution in [0, 0.1) is 0 Å². The minimum atomic E-state index is -1.05. The lowest BCUT2D eigenvalue weighted by Gasteiger charge is -2.36. The Labute approximate surface area is 332 Å². The van der Waals surface area contributed by atoms with Crippen molar-refractivity contribution in [2.75, 3.05) is 13.2 Å². The summed E-state index contributed by atoms with van der Waals surface area (Å²) in [5, 5.41) is 25.5. The van der Waals surface area contributed by atoms with Crippen molar-refractivity contribution in [1.29, 1.82) is 0 Å². The molecule has 0 aliphatic heterocycles. The summed E-state index contributed by atoms with van der Waals surface area (Å²) in [6, 6.07) is 41.4. The van der Waals surface area contributed by atoms with Gasteiger partial charge in [0.2, 0.25) is 0 Å². The number of carbonyl (C=O) groups excluding carboxylic acids is 2. The maximum atomic E-state index is 12.0. The molecule has 0 saturated carbocycles. The summed E-state index contributed by atoms with van der Waals surface area (Å²) in [4.78, 5) is 24.1. The van der Waals surface area contributed by atoms with E-state index in [1.54, 1.807) is 39.8 Å². The van der Waals surface area contributed by atoms with Gasteiger partial charge >= 0.3 is 11.9 Å². The second kappa shape index (κ2) is 16.9. The first-order valence-corrected chi connectivity index (χ1v) is 19.2. The third-order valence-electron chi connectivity index (χ3n) is 10.6. The molecular formula is C49H46O8. The molecule has 7 rings (SSSR count). The Morgan fingerprint density at radius 1 is 0.526 bits per heavy atom. The molecule has 8 nitrogen and oxygen atoms in total. The standard InChI is InChI=1S/C49H46O8/c1-5-15-47(52)56-31(3)43(50)29-54-45-27-13-19-35-37(45)21-11-25-41(35)49(39-23-9-7-17-33(39)34-18-8-10-24-40(34)49)42-26-12-22-38-36(42)20-14-28-46(38)55-30-44(51)32(4)57-48(53)16-6-2/h5-28,31-32,43-44,50-51H,29-30H2,1-4H3. The summed E-state index contributed by atoms with van der Waals surface area (Å²) in [5.74, 6) is 0.132. The number of aliphatic hydroxyl groups excluding tert-OH is 2. The van der Waals surface area contributed by atoms with Crippen LogP contribution in [0.25, 0.3) is 32.7 Å². The second-order valence-corrected chi connectivity index (χ2v) is 14.2. The van der Waals surface area contributed by atoms with E-state index in [-0.39, 0.29) is 13.2 Å². The number of fused-ring (bicyclic) bond motifs is 5. The largest absolute Gasteiger partial charge is 0.490 e. The molecule has 6 aromatic carbocycles. The first kappa shape index (κ1) is 39.0. The molecular weight excluding hydrogens is 717 g/mol. The van der Waals surface area contributed by atoms with Gasteiger partial charge in [-0.25, -0.2) is 9.59 Å². The Balaban J connectivity index is 1.35. The Hall–Kier alpha value is -6.22. The zero-order valence-electron chi connectivity index (χ0n) is 32.4. The average Bonchev–Trinajstić information content (AvgIpc) is 3.52. The highest BCUT2D eigenvalue weighted by molar-refractivity contribution is 6.01. The van der Waals surface area contributed by atoms with Gasteiger partial charge in [0, 0.05) is 22.9 Å². The third-order valence-corrected chi connectivity index (χ3v) is 10.6. The van der Waals surface area contributed by atoms with E-state index in [2.05, 4.69) is 72.8 Å². The molecule has 0 bridgehead atoms. The van der Waals surface area contributed by atoms with E-state index < -0.39 is 41.8 Å². The molecule has 8 heteroatoms. The van der Waals surface area contributed by atoms with Crippen molar-refractivity contribution >= 4 is 33.5 Å². The first-order valence-electron chi connectivity index (χ1n) is 19.2. The quantitative estimate of drug-likeness (QED) is 0.0836. The molecule has 0 spiro atoms. The lowest BCUT2D eigenvalue weighted by molar-refractivity contribution is -0.149. The summed E-state index contributed by atoms with van der Waals surface area (Å²) in [6.45, 7) is 6.57. The molecule has 1 aliphatic rings.